The van der Waals surface area contributed by atoms with E-state index in [1.807, 2.05) is 23.1 Å². The first kappa shape index (κ1) is 13.2. The monoisotopic (exact) mass is 277 g/mol. The van der Waals surface area contributed by atoms with Gasteiger partial charge in [0.05, 0.1) is 0 Å². The summed E-state index contributed by atoms with van der Waals surface area (Å²) in [6.45, 7) is 2.54. The van der Waals surface area contributed by atoms with E-state index in [4.69, 9.17) is 9.47 Å². The van der Waals surface area contributed by atoms with Gasteiger partial charge in [-0.15, -0.1) is 0 Å². The Kier molecular flexibility index (Phi) is 3.78. The molecule has 2 aliphatic heterocycles. The number of ether oxygens (including phenoxy) is 2. The van der Waals surface area contributed by atoms with E-state index in [0.29, 0.717) is 19.8 Å². The van der Waals surface area contributed by atoms with Crippen molar-refractivity contribution >= 4 is 5.97 Å². The Morgan fingerprint density at radius 3 is 3.00 bits per heavy atom. The van der Waals surface area contributed by atoms with Crippen LogP contribution in [0, 0.1) is 0 Å². The summed E-state index contributed by atoms with van der Waals surface area (Å²) in [7, 11) is 0. The van der Waals surface area contributed by atoms with Crippen molar-refractivity contribution in [2.45, 2.75) is 31.8 Å². The molecule has 1 aromatic carbocycles. The highest BCUT2D eigenvalue weighted by Gasteiger charge is 2.29. The first-order chi connectivity index (χ1) is 9.75. The molecule has 2 aliphatic rings. The number of fused-ring (bicyclic) bond motifs is 1. The number of hydrogen-bond acceptors (Lipinski definition) is 4. The van der Waals surface area contributed by atoms with Crippen LogP contribution in [-0.4, -0.2) is 41.8 Å². The zero-order valence-corrected chi connectivity index (χ0v) is 11.4. The molecule has 1 fully saturated rings. The van der Waals surface area contributed by atoms with Crippen molar-refractivity contribution in [2.24, 2.45) is 0 Å². The van der Waals surface area contributed by atoms with Crippen molar-refractivity contribution in [2.75, 3.05) is 19.8 Å². The van der Waals surface area contributed by atoms with Crippen molar-refractivity contribution in [3.8, 4) is 11.5 Å². The summed E-state index contributed by atoms with van der Waals surface area (Å²) in [4.78, 5) is 13.4. The van der Waals surface area contributed by atoms with E-state index >= 15 is 0 Å². The Labute approximate surface area is 118 Å². The second kappa shape index (κ2) is 5.71. The summed E-state index contributed by atoms with van der Waals surface area (Å²) in [5.74, 6) is 0.803. The topological polar surface area (TPSA) is 59.0 Å². The number of carboxylic acids is 1. The SMILES string of the molecule is O=C(O)[C@H]1CCCCN1Cc1cccc2c1OCCO2. The third-order valence-electron chi connectivity index (χ3n) is 3.92. The zero-order chi connectivity index (χ0) is 13.9. The molecule has 0 bridgehead atoms. The van der Waals surface area contributed by atoms with Crippen molar-refractivity contribution in [3.05, 3.63) is 23.8 Å². The number of rotatable bonds is 3. The van der Waals surface area contributed by atoms with Gasteiger partial charge in [-0.25, -0.2) is 0 Å². The first-order valence-electron chi connectivity index (χ1n) is 7.10. The molecule has 3 rings (SSSR count). The summed E-state index contributed by atoms with van der Waals surface area (Å²) >= 11 is 0. The highest BCUT2D eigenvalue weighted by molar-refractivity contribution is 5.73. The maximum absolute atomic E-state index is 11.3. The van der Waals surface area contributed by atoms with Crippen molar-refractivity contribution < 1.29 is 19.4 Å². The fourth-order valence-electron chi connectivity index (χ4n) is 2.94. The normalized spacial score (nSPS) is 22.5. The van der Waals surface area contributed by atoms with Crippen molar-refractivity contribution in [3.63, 3.8) is 0 Å². The molecule has 0 aromatic heterocycles. The van der Waals surface area contributed by atoms with Crippen LogP contribution >= 0.6 is 0 Å². The van der Waals surface area contributed by atoms with Gasteiger partial charge in [0.25, 0.3) is 0 Å². The molecule has 1 saturated heterocycles. The molecule has 0 radical (unpaired) electrons. The Balaban J connectivity index is 1.81. The second-order valence-electron chi connectivity index (χ2n) is 5.26. The molecule has 5 heteroatoms. The number of aliphatic carboxylic acids is 1. The van der Waals surface area contributed by atoms with Crippen LogP contribution in [0.1, 0.15) is 24.8 Å². The summed E-state index contributed by atoms with van der Waals surface area (Å²) in [6.07, 6.45) is 2.76. The van der Waals surface area contributed by atoms with Gasteiger partial charge in [-0.2, -0.15) is 0 Å². The van der Waals surface area contributed by atoms with Crippen LogP contribution in [0.15, 0.2) is 18.2 Å². The fraction of sp³-hybridized carbons (Fsp3) is 0.533. The number of piperidine rings is 1. The number of likely N-dealkylation sites (tertiary alicyclic amines) is 1. The quantitative estimate of drug-likeness (QED) is 0.914. The number of para-hydroxylation sites is 1. The lowest BCUT2D eigenvalue weighted by atomic mass is 10.0. The maximum Gasteiger partial charge on any atom is 0.320 e. The fourth-order valence-corrected chi connectivity index (χ4v) is 2.94. The molecule has 0 unspecified atom stereocenters. The Morgan fingerprint density at radius 1 is 1.30 bits per heavy atom. The van der Waals surface area contributed by atoms with Crippen LogP contribution < -0.4 is 9.47 Å². The lowest BCUT2D eigenvalue weighted by Gasteiger charge is -2.33. The van der Waals surface area contributed by atoms with Crippen LogP contribution in [-0.2, 0) is 11.3 Å². The van der Waals surface area contributed by atoms with E-state index in [-0.39, 0.29) is 6.04 Å². The molecule has 108 valence electrons. The smallest absolute Gasteiger partial charge is 0.320 e. The van der Waals surface area contributed by atoms with Gasteiger partial charge in [0.15, 0.2) is 11.5 Å². The predicted octanol–water partition coefficient (Wildman–Crippen LogP) is 1.90. The largest absolute Gasteiger partial charge is 0.486 e. The predicted molar refractivity (Wildman–Crippen MR) is 73.1 cm³/mol. The van der Waals surface area contributed by atoms with Crippen LogP contribution in [0.2, 0.25) is 0 Å². The summed E-state index contributed by atoms with van der Waals surface area (Å²) in [5, 5.41) is 9.33. The summed E-state index contributed by atoms with van der Waals surface area (Å²) < 4.78 is 11.3. The van der Waals surface area contributed by atoms with Crippen LogP contribution in [0.5, 0.6) is 11.5 Å². The average molecular weight is 277 g/mol. The molecule has 2 heterocycles. The molecule has 1 aromatic rings. The van der Waals surface area contributed by atoms with Crippen LogP contribution in [0.3, 0.4) is 0 Å². The van der Waals surface area contributed by atoms with Gasteiger partial charge in [-0.05, 0) is 25.5 Å². The van der Waals surface area contributed by atoms with Crippen molar-refractivity contribution in [1.29, 1.82) is 0 Å². The van der Waals surface area contributed by atoms with Gasteiger partial charge < -0.3 is 14.6 Å². The van der Waals surface area contributed by atoms with E-state index in [1.165, 1.54) is 0 Å². The number of carboxylic acid groups (broad SMARTS) is 1. The minimum atomic E-state index is -0.730. The van der Waals surface area contributed by atoms with Gasteiger partial charge in [0, 0.05) is 12.1 Å². The van der Waals surface area contributed by atoms with E-state index < -0.39 is 5.97 Å². The number of benzene rings is 1. The second-order valence-corrected chi connectivity index (χ2v) is 5.26. The molecule has 0 saturated carbocycles. The lowest BCUT2D eigenvalue weighted by Crippen LogP contribution is -2.44. The minimum absolute atomic E-state index is 0.385. The minimum Gasteiger partial charge on any atom is -0.486 e. The van der Waals surface area contributed by atoms with Crippen LogP contribution in [0.4, 0.5) is 0 Å². The van der Waals surface area contributed by atoms with E-state index in [0.717, 1.165) is 42.9 Å². The molecule has 0 amide bonds. The molecule has 1 N–H and O–H groups in total. The Bertz CT molecular complexity index is 503. The van der Waals surface area contributed by atoms with Crippen molar-refractivity contribution in [1.82, 2.24) is 4.90 Å². The molecule has 0 aliphatic carbocycles. The van der Waals surface area contributed by atoms with E-state index in [9.17, 15) is 9.90 Å². The molecule has 0 spiro atoms. The van der Waals surface area contributed by atoms with E-state index in [2.05, 4.69) is 0 Å². The highest BCUT2D eigenvalue weighted by atomic mass is 16.6. The van der Waals surface area contributed by atoms with Gasteiger partial charge in [0.2, 0.25) is 0 Å². The number of carbonyl (C=O) groups is 1. The first-order valence-corrected chi connectivity index (χ1v) is 7.10. The zero-order valence-electron chi connectivity index (χ0n) is 11.4. The number of nitrogens with zero attached hydrogens (tertiary/aromatic N) is 1. The maximum atomic E-state index is 11.3. The van der Waals surface area contributed by atoms with E-state index in [1.54, 1.807) is 0 Å². The average Bonchev–Trinajstić information content (AvgIpc) is 2.48. The molecule has 1 atom stereocenters. The Morgan fingerprint density at radius 2 is 2.15 bits per heavy atom. The molecule has 20 heavy (non-hydrogen) atoms. The number of hydrogen-bond donors (Lipinski definition) is 1. The van der Waals surface area contributed by atoms with Gasteiger partial charge in [0.1, 0.15) is 19.3 Å². The third kappa shape index (κ3) is 2.58. The lowest BCUT2D eigenvalue weighted by molar-refractivity contribution is -0.144. The Hall–Kier alpha value is -1.75. The highest BCUT2D eigenvalue weighted by Crippen LogP contribution is 2.35. The van der Waals surface area contributed by atoms with Gasteiger partial charge in [-0.1, -0.05) is 18.6 Å². The van der Waals surface area contributed by atoms with Gasteiger partial charge >= 0.3 is 5.97 Å². The molecule has 5 nitrogen and oxygen atoms in total. The third-order valence-corrected chi connectivity index (χ3v) is 3.92. The summed E-state index contributed by atoms with van der Waals surface area (Å²) in [5.41, 5.74) is 1.01. The molecular weight excluding hydrogens is 258 g/mol. The summed E-state index contributed by atoms with van der Waals surface area (Å²) in [6, 6.07) is 5.43. The molecular formula is C15H19NO4. The van der Waals surface area contributed by atoms with Crippen LogP contribution in [0.25, 0.3) is 0 Å². The van der Waals surface area contributed by atoms with Gasteiger partial charge in [-0.3, -0.25) is 9.69 Å². The standard InChI is InChI=1S/C15H19NO4/c17-15(18)12-5-1-2-7-16(12)10-11-4-3-6-13-14(11)20-9-8-19-13/h3-4,6,12H,1-2,5,7-10H2,(H,17,18)/t12-/m1/s1.